The van der Waals surface area contributed by atoms with Gasteiger partial charge in [-0.2, -0.15) is 0 Å². The molecule has 2 aromatic rings. The van der Waals surface area contributed by atoms with E-state index in [2.05, 4.69) is 0 Å². The summed E-state index contributed by atoms with van der Waals surface area (Å²) in [4.78, 5) is 0. The van der Waals surface area contributed by atoms with Crippen LogP contribution in [0.25, 0.3) is 0 Å². The molecular formula is C16H19NO2. The van der Waals surface area contributed by atoms with Crippen LogP contribution in [0.2, 0.25) is 0 Å². The summed E-state index contributed by atoms with van der Waals surface area (Å²) in [6.07, 6.45) is 0. The average Bonchev–Trinajstić information content (AvgIpc) is 2.45. The Bertz CT molecular complexity index is 538. The highest BCUT2D eigenvalue weighted by molar-refractivity contribution is 5.31. The fourth-order valence-electron chi connectivity index (χ4n) is 1.82. The van der Waals surface area contributed by atoms with Gasteiger partial charge in [-0.25, -0.2) is 0 Å². The van der Waals surface area contributed by atoms with Crippen molar-refractivity contribution in [1.29, 1.82) is 0 Å². The van der Waals surface area contributed by atoms with Gasteiger partial charge in [0.05, 0.1) is 7.11 Å². The summed E-state index contributed by atoms with van der Waals surface area (Å²) in [5.74, 6) is 1.67. The number of hydrogen-bond donors (Lipinski definition) is 1. The van der Waals surface area contributed by atoms with E-state index in [1.54, 1.807) is 7.11 Å². The van der Waals surface area contributed by atoms with Crippen LogP contribution in [0, 0.1) is 0 Å². The molecule has 19 heavy (non-hydrogen) atoms. The first-order chi connectivity index (χ1) is 9.19. The van der Waals surface area contributed by atoms with Crippen LogP contribution < -0.4 is 15.2 Å². The molecule has 0 saturated carbocycles. The second-order valence-corrected chi connectivity index (χ2v) is 4.50. The molecule has 0 aliphatic heterocycles. The monoisotopic (exact) mass is 257 g/mol. The summed E-state index contributed by atoms with van der Waals surface area (Å²) in [5.41, 5.74) is 8.00. The van der Waals surface area contributed by atoms with Crippen molar-refractivity contribution in [2.24, 2.45) is 5.73 Å². The molecule has 0 bridgehead atoms. The van der Waals surface area contributed by atoms with E-state index in [1.165, 1.54) is 0 Å². The number of methoxy groups -OCH3 is 1. The third-order valence-electron chi connectivity index (χ3n) is 2.92. The summed E-state index contributed by atoms with van der Waals surface area (Å²) in [7, 11) is 1.66. The molecule has 0 spiro atoms. The maximum absolute atomic E-state index is 5.86. The lowest BCUT2D eigenvalue weighted by Crippen LogP contribution is -2.05. The predicted octanol–water partition coefficient (Wildman–Crippen LogP) is 3.29. The number of rotatable bonds is 5. The molecule has 2 aromatic carbocycles. The van der Waals surface area contributed by atoms with Crippen LogP contribution >= 0.6 is 0 Å². The zero-order valence-electron chi connectivity index (χ0n) is 11.3. The van der Waals surface area contributed by atoms with Gasteiger partial charge in [-0.3, -0.25) is 0 Å². The second-order valence-electron chi connectivity index (χ2n) is 4.50. The Kier molecular flexibility index (Phi) is 4.42. The number of benzene rings is 2. The van der Waals surface area contributed by atoms with Crippen molar-refractivity contribution >= 4 is 0 Å². The van der Waals surface area contributed by atoms with Crippen LogP contribution in [0.5, 0.6) is 11.5 Å². The predicted molar refractivity (Wildman–Crippen MR) is 76.4 cm³/mol. The van der Waals surface area contributed by atoms with Gasteiger partial charge >= 0.3 is 0 Å². The van der Waals surface area contributed by atoms with Gasteiger partial charge in [0.15, 0.2) is 0 Å². The van der Waals surface area contributed by atoms with Crippen molar-refractivity contribution < 1.29 is 9.47 Å². The Hall–Kier alpha value is -2.00. The van der Waals surface area contributed by atoms with Gasteiger partial charge in [0, 0.05) is 6.04 Å². The molecule has 0 radical (unpaired) electrons. The highest BCUT2D eigenvalue weighted by Gasteiger charge is 2.02. The fraction of sp³-hybridized carbons (Fsp3) is 0.250. The van der Waals surface area contributed by atoms with Gasteiger partial charge in [-0.1, -0.05) is 24.3 Å². The Labute approximate surface area is 114 Å². The van der Waals surface area contributed by atoms with Crippen molar-refractivity contribution in [3.63, 3.8) is 0 Å². The van der Waals surface area contributed by atoms with E-state index in [9.17, 15) is 0 Å². The minimum atomic E-state index is 0.0142. The normalized spacial score (nSPS) is 11.9. The molecule has 0 aliphatic carbocycles. The van der Waals surface area contributed by atoms with Gasteiger partial charge in [0.2, 0.25) is 0 Å². The minimum Gasteiger partial charge on any atom is -0.497 e. The quantitative estimate of drug-likeness (QED) is 0.893. The Morgan fingerprint density at radius 1 is 1.05 bits per heavy atom. The minimum absolute atomic E-state index is 0.0142. The highest BCUT2D eigenvalue weighted by atomic mass is 16.5. The van der Waals surface area contributed by atoms with Crippen LogP contribution in [0.3, 0.4) is 0 Å². The van der Waals surface area contributed by atoms with E-state index in [4.69, 9.17) is 15.2 Å². The van der Waals surface area contributed by atoms with Gasteiger partial charge in [0.25, 0.3) is 0 Å². The first-order valence-electron chi connectivity index (χ1n) is 6.30. The van der Waals surface area contributed by atoms with E-state index < -0.39 is 0 Å². The lowest BCUT2D eigenvalue weighted by molar-refractivity contribution is 0.304. The third-order valence-corrected chi connectivity index (χ3v) is 2.92. The molecule has 1 atom stereocenters. The topological polar surface area (TPSA) is 44.5 Å². The van der Waals surface area contributed by atoms with Crippen molar-refractivity contribution in [3.8, 4) is 11.5 Å². The van der Waals surface area contributed by atoms with Crippen molar-refractivity contribution in [2.75, 3.05) is 7.11 Å². The van der Waals surface area contributed by atoms with Gasteiger partial charge < -0.3 is 15.2 Å². The van der Waals surface area contributed by atoms with Crippen LogP contribution in [0.1, 0.15) is 24.1 Å². The third kappa shape index (κ3) is 3.73. The summed E-state index contributed by atoms with van der Waals surface area (Å²) < 4.78 is 11.0. The zero-order chi connectivity index (χ0) is 13.7. The lowest BCUT2D eigenvalue weighted by Gasteiger charge is -2.10. The maximum Gasteiger partial charge on any atom is 0.120 e. The van der Waals surface area contributed by atoms with E-state index in [1.807, 2.05) is 55.5 Å². The molecule has 0 saturated heterocycles. The van der Waals surface area contributed by atoms with Gasteiger partial charge in [-0.05, 0) is 42.3 Å². The summed E-state index contributed by atoms with van der Waals surface area (Å²) in [6.45, 7) is 2.47. The molecule has 0 fully saturated rings. The largest absolute Gasteiger partial charge is 0.497 e. The molecule has 0 amide bonds. The second kappa shape index (κ2) is 6.25. The fourth-order valence-corrected chi connectivity index (χ4v) is 1.82. The molecule has 2 N–H and O–H groups in total. The molecule has 0 heterocycles. The molecule has 1 unspecified atom stereocenters. The number of ether oxygens (including phenoxy) is 2. The molecule has 2 rings (SSSR count). The first kappa shape index (κ1) is 13.4. The molecule has 3 heteroatoms. The van der Waals surface area contributed by atoms with Crippen molar-refractivity contribution in [1.82, 2.24) is 0 Å². The standard InChI is InChI=1S/C16H19NO2/c1-12(17)14-6-4-8-16(10-14)19-11-13-5-3-7-15(9-13)18-2/h3-10,12H,11,17H2,1-2H3. The highest BCUT2D eigenvalue weighted by Crippen LogP contribution is 2.19. The number of nitrogens with two attached hydrogens (primary N) is 1. The van der Waals surface area contributed by atoms with Gasteiger partial charge in [0.1, 0.15) is 18.1 Å². The first-order valence-corrected chi connectivity index (χ1v) is 6.30. The molecule has 0 aromatic heterocycles. The van der Waals surface area contributed by atoms with Crippen LogP contribution in [-0.4, -0.2) is 7.11 Å². The molecule has 100 valence electrons. The SMILES string of the molecule is COc1cccc(COc2cccc(C(C)N)c2)c1. The van der Waals surface area contributed by atoms with Gasteiger partial charge in [-0.15, -0.1) is 0 Å². The lowest BCUT2D eigenvalue weighted by atomic mass is 10.1. The van der Waals surface area contributed by atoms with Crippen molar-refractivity contribution in [3.05, 3.63) is 59.7 Å². The van der Waals surface area contributed by atoms with Crippen LogP contribution in [0.4, 0.5) is 0 Å². The molecule has 3 nitrogen and oxygen atoms in total. The van der Waals surface area contributed by atoms with E-state index in [0.717, 1.165) is 22.6 Å². The summed E-state index contributed by atoms with van der Waals surface area (Å²) in [5, 5.41) is 0. The Balaban J connectivity index is 2.03. The van der Waals surface area contributed by atoms with E-state index in [0.29, 0.717) is 6.61 Å². The Morgan fingerprint density at radius 3 is 2.53 bits per heavy atom. The Morgan fingerprint density at radius 2 is 1.79 bits per heavy atom. The number of hydrogen-bond acceptors (Lipinski definition) is 3. The van der Waals surface area contributed by atoms with Crippen LogP contribution in [-0.2, 0) is 6.61 Å². The van der Waals surface area contributed by atoms with Crippen molar-refractivity contribution in [2.45, 2.75) is 19.6 Å². The molecule has 0 aliphatic rings. The van der Waals surface area contributed by atoms with E-state index in [-0.39, 0.29) is 6.04 Å². The zero-order valence-corrected chi connectivity index (χ0v) is 11.3. The smallest absolute Gasteiger partial charge is 0.120 e. The molecular weight excluding hydrogens is 238 g/mol. The summed E-state index contributed by atoms with van der Waals surface area (Å²) in [6, 6.07) is 15.7. The summed E-state index contributed by atoms with van der Waals surface area (Å²) >= 11 is 0. The average molecular weight is 257 g/mol. The van der Waals surface area contributed by atoms with Crippen LogP contribution in [0.15, 0.2) is 48.5 Å². The maximum atomic E-state index is 5.86. The van der Waals surface area contributed by atoms with E-state index >= 15 is 0 Å².